The predicted octanol–water partition coefficient (Wildman–Crippen LogP) is 4.28. The summed E-state index contributed by atoms with van der Waals surface area (Å²) in [5.41, 5.74) is 1.91. The normalized spacial score (nSPS) is 13.6. The molecule has 102 valence electrons. The number of benzene rings is 1. The van der Waals surface area contributed by atoms with Gasteiger partial charge in [0, 0.05) is 0 Å². The van der Waals surface area contributed by atoms with Gasteiger partial charge in [0.2, 0.25) is 0 Å². The lowest BCUT2D eigenvalue weighted by molar-refractivity contribution is 0.315. The maximum absolute atomic E-state index is 3.50. The molecule has 1 aromatic rings. The minimum atomic E-state index is 0.446. The molecule has 1 unspecified atom stereocenters. The molecule has 1 heteroatoms. The first-order chi connectivity index (χ1) is 8.51. The third-order valence-electron chi connectivity index (χ3n) is 3.35. The van der Waals surface area contributed by atoms with E-state index in [1.54, 1.807) is 0 Å². The van der Waals surface area contributed by atoms with E-state index in [2.05, 4.69) is 63.3 Å². The first kappa shape index (κ1) is 15.2. The van der Waals surface area contributed by atoms with Gasteiger partial charge in [-0.15, -0.1) is 0 Å². The zero-order valence-electron chi connectivity index (χ0n) is 12.5. The monoisotopic (exact) mass is 247 g/mol. The summed E-state index contributed by atoms with van der Waals surface area (Å²) in [4.78, 5) is 0. The quantitative estimate of drug-likeness (QED) is 0.758. The Morgan fingerprint density at radius 1 is 1.11 bits per heavy atom. The van der Waals surface area contributed by atoms with E-state index in [9.17, 15) is 0 Å². The van der Waals surface area contributed by atoms with Crippen LogP contribution in [0.2, 0.25) is 0 Å². The summed E-state index contributed by atoms with van der Waals surface area (Å²) in [5.74, 6) is 0.756. The summed E-state index contributed by atoms with van der Waals surface area (Å²) in [7, 11) is 0. The van der Waals surface area contributed by atoms with Gasteiger partial charge in [-0.1, -0.05) is 58.0 Å². The predicted molar refractivity (Wildman–Crippen MR) is 80.9 cm³/mol. The van der Waals surface area contributed by atoms with E-state index in [1.165, 1.54) is 24.8 Å². The summed E-state index contributed by atoms with van der Waals surface area (Å²) in [6, 6.07) is 10.9. The second-order valence-corrected chi connectivity index (χ2v) is 6.46. The van der Waals surface area contributed by atoms with Gasteiger partial charge in [0.15, 0.2) is 0 Å². The zero-order valence-corrected chi connectivity index (χ0v) is 12.5. The van der Waals surface area contributed by atoms with Gasteiger partial charge in [0.1, 0.15) is 0 Å². The average molecular weight is 247 g/mol. The molecule has 0 bridgehead atoms. The fourth-order valence-corrected chi connectivity index (χ4v) is 2.21. The number of hydrogen-bond donors (Lipinski definition) is 1. The number of nitrogens with one attached hydrogen (secondary N) is 1. The highest BCUT2D eigenvalue weighted by Gasteiger charge is 2.15. The molecule has 1 N–H and O–H groups in total. The van der Waals surface area contributed by atoms with Crippen molar-refractivity contribution in [1.82, 2.24) is 5.32 Å². The van der Waals surface area contributed by atoms with Crippen LogP contribution in [-0.4, -0.2) is 13.1 Å². The van der Waals surface area contributed by atoms with Crippen LogP contribution in [0.3, 0.4) is 0 Å². The molecule has 0 heterocycles. The summed E-state index contributed by atoms with van der Waals surface area (Å²) in [6.07, 6.45) is 3.81. The standard InChI is InChI=1S/C17H29N/c1-5-18-14-16(11-12-17(2,3)4)13-15-9-7-6-8-10-15/h6-10,16,18H,5,11-14H2,1-4H3. The second kappa shape index (κ2) is 7.58. The third-order valence-corrected chi connectivity index (χ3v) is 3.35. The van der Waals surface area contributed by atoms with Gasteiger partial charge in [-0.2, -0.15) is 0 Å². The Labute approximate surface area is 113 Å². The van der Waals surface area contributed by atoms with E-state index < -0.39 is 0 Å². The smallest absolute Gasteiger partial charge is 0.00174 e. The average Bonchev–Trinajstić information content (AvgIpc) is 2.33. The molecule has 0 saturated heterocycles. The van der Waals surface area contributed by atoms with Crippen LogP contribution in [0, 0.1) is 11.3 Å². The van der Waals surface area contributed by atoms with Crippen molar-refractivity contribution in [2.24, 2.45) is 11.3 Å². The Morgan fingerprint density at radius 3 is 2.33 bits per heavy atom. The molecule has 0 aromatic heterocycles. The Bertz CT molecular complexity index is 310. The molecule has 0 aliphatic rings. The lowest BCUT2D eigenvalue weighted by Crippen LogP contribution is -2.25. The van der Waals surface area contributed by atoms with E-state index in [0.29, 0.717) is 5.41 Å². The Hall–Kier alpha value is -0.820. The SMILES string of the molecule is CCNCC(CCC(C)(C)C)Cc1ccccc1. The van der Waals surface area contributed by atoms with Crippen LogP contribution in [0.5, 0.6) is 0 Å². The molecule has 1 aromatic carbocycles. The van der Waals surface area contributed by atoms with E-state index in [1.807, 2.05) is 0 Å². The Kier molecular flexibility index (Phi) is 6.42. The maximum atomic E-state index is 3.50. The van der Waals surface area contributed by atoms with Gasteiger partial charge >= 0.3 is 0 Å². The highest BCUT2D eigenvalue weighted by molar-refractivity contribution is 5.15. The first-order valence-corrected chi connectivity index (χ1v) is 7.26. The highest BCUT2D eigenvalue weighted by Crippen LogP contribution is 2.25. The summed E-state index contributed by atoms with van der Waals surface area (Å²) in [6.45, 7) is 11.4. The van der Waals surface area contributed by atoms with Crippen molar-refractivity contribution in [2.45, 2.75) is 47.0 Å². The van der Waals surface area contributed by atoms with Crippen molar-refractivity contribution in [1.29, 1.82) is 0 Å². The summed E-state index contributed by atoms with van der Waals surface area (Å²) < 4.78 is 0. The number of hydrogen-bond acceptors (Lipinski definition) is 1. The molecule has 18 heavy (non-hydrogen) atoms. The molecule has 0 aliphatic carbocycles. The maximum Gasteiger partial charge on any atom is -0.00174 e. The van der Waals surface area contributed by atoms with Gasteiger partial charge in [0.25, 0.3) is 0 Å². The van der Waals surface area contributed by atoms with E-state index >= 15 is 0 Å². The molecule has 0 fully saturated rings. The van der Waals surface area contributed by atoms with Crippen molar-refractivity contribution >= 4 is 0 Å². The van der Waals surface area contributed by atoms with Crippen molar-refractivity contribution in [3.63, 3.8) is 0 Å². The van der Waals surface area contributed by atoms with Crippen LogP contribution in [0.4, 0.5) is 0 Å². The molecule has 1 atom stereocenters. The molecule has 1 nitrogen and oxygen atoms in total. The fraction of sp³-hybridized carbons (Fsp3) is 0.647. The van der Waals surface area contributed by atoms with Gasteiger partial charge in [-0.3, -0.25) is 0 Å². The van der Waals surface area contributed by atoms with Crippen LogP contribution >= 0.6 is 0 Å². The molecule has 0 radical (unpaired) electrons. The van der Waals surface area contributed by atoms with Crippen LogP contribution in [0.15, 0.2) is 30.3 Å². The molecule has 1 rings (SSSR count). The third kappa shape index (κ3) is 6.80. The van der Waals surface area contributed by atoms with Crippen LogP contribution < -0.4 is 5.32 Å². The Morgan fingerprint density at radius 2 is 1.78 bits per heavy atom. The minimum Gasteiger partial charge on any atom is -0.317 e. The molecule has 0 amide bonds. The highest BCUT2D eigenvalue weighted by atomic mass is 14.8. The van der Waals surface area contributed by atoms with Gasteiger partial charge < -0.3 is 5.32 Å². The van der Waals surface area contributed by atoms with Crippen molar-refractivity contribution in [3.8, 4) is 0 Å². The minimum absolute atomic E-state index is 0.446. The summed E-state index contributed by atoms with van der Waals surface area (Å²) >= 11 is 0. The van der Waals surface area contributed by atoms with Crippen molar-refractivity contribution in [3.05, 3.63) is 35.9 Å². The van der Waals surface area contributed by atoms with E-state index in [4.69, 9.17) is 0 Å². The Balaban J connectivity index is 2.50. The van der Waals surface area contributed by atoms with Gasteiger partial charge in [-0.05, 0) is 49.2 Å². The lowest BCUT2D eigenvalue weighted by Gasteiger charge is -2.23. The van der Waals surface area contributed by atoms with Gasteiger partial charge in [0.05, 0.1) is 0 Å². The molecule has 0 saturated carbocycles. The molecule has 0 spiro atoms. The first-order valence-electron chi connectivity index (χ1n) is 7.26. The van der Waals surface area contributed by atoms with Crippen LogP contribution in [0.1, 0.15) is 46.1 Å². The zero-order chi connectivity index (χ0) is 13.4. The second-order valence-electron chi connectivity index (χ2n) is 6.46. The molecule has 0 aliphatic heterocycles. The lowest BCUT2D eigenvalue weighted by atomic mass is 9.84. The molecular weight excluding hydrogens is 218 g/mol. The van der Waals surface area contributed by atoms with E-state index in [-0.39, 0.29) is 0 Å². The van der Waals surface area contributed by atoms with Crippen LogP contribution in [-0.2, 0) is 6.42 Å². The van der Waals surface area contributed by atoms with Crippen molar-refractivity contribution < 1.29 is 0 Å². The van der Waals surface area contributed by atoms with Crippen molar-refractivity contribution in [2.75, 3.05) is 13.1 Å². The summed E-state index contributed by atoms with van der Waals surface area (Å²) in [5, 5.41) is 3.50. The largest absolute Gasteiger partial charge is 0.317 e. The van der Waals surface area contributed by atoms with Crippen LogP contribution in [0.25, 0.3) is 0 Å². The topological polar surface area (TPSA) is 12.0 Å². The van der Waals surface area contributed by atoms with Gasteiger partial charge in [-0.25, -0.2) is 0 Å². The number of rotatable bonds is 7. The molecular formula is C17H29N. The van der Waals surface area contributed by atoms with E-state index in [0.717, 1.165) is 19.0 Å². The fourth-order valence-electron chi connectivity index (χ4n) is 2.21.